The van der Waals surface area contributed by atoms with Crippen LogP contribution in [0.5, 0.6) is 11.5 Å². The number of ether oxygens (including phenoxy) is 2. The van der Waals surface area contributed by atoms with Crippen LogP contribution in [0, 0.1) is 0 Å². The largest absolute Gasteiger partial charge is 0.493 e. The van der Waals surface area contributed by atoms with Crippen LogP contribution in [0.2, 0.25) is 0 Å². The highest BCUT2D eigenvalue weighted by Crippen LogP contribution is 2.31. The molecule has 9 heteroatoms. The summed E-state index contributed by atoms with van der Waals surface area (Å²) < 4.78 is 37.4. The third-order valence-electron chi connectivity index (χ3n) is 4.21. The average molecular weight is 371 g/mol. The summed E-state index contributed by atoms with van der Waals surface area (Å²) in [7, 11) is -0.675. The number of carbonyl (C=O) groups is 1. The van der Waals surface area contributed by atoms with Crippen LogP contribution in [-0.2, 0) is 14.8 Å². The number of amides is 1. The number of rotatable bonds is 6. The van der Waals surface area contributed by atoms with Gasteiger partial charge in [-0.1, -0.05) is 0 Å². The van der Waals surface area contributed by atoms with E-state index >= 15 is 0 Å². The van der Waals surface area contributed by atoms with Gasteiger partial charge in [-0.25, -0.2) is 8.42 Å². The molecule has 0 spiro atoms. The van der Waals surface area contributed by atoms with E-state index in [9.17, 15) is 13.2 Å². The molecule has 1 aliphatic heterocycles. The van der Waals surface area contributed by atoms with Crippen molar-refractivity contribution in [2.24, 2.45) is 5.73 Å². The molecule has 1 amide bonds. The number of carbonyl (C=O) groups excluding carboxylic acids is 1. The summed E-state index contributed by atoms with van der Waals surface area (Å²) in [4.78, 5) is 11.8. The van der Waals surface area contributed by atoms with Gasteiger partial charge in [-0.3, -0.25) is 4.79 Å². The molecule has 1 atom stereocenters. The SMILES string of the molecule is COc1ccc(S(=O)(=O)N2CCC(NC(=O)[C@H](C)N)CC2)cc1OC. The molecule has 0 saturated carbocycles. The first-order valence-corrected chi connectivity index (χ1v) is 9.51. The van der Waals surface area contributed by atoms with Crippen molar-refractivity contribution in [3.63, 3.8) is 0 Å². The molecule has 0 aliphatic carbocycles. The van der Waals surface area contributed by atoms with Crippen molar-refractivity contribution in [1.82, 2.24) is 9.62 Å². The summed E-state index contributed by atoms with van der Waals surface area (Å²) in [5.41, 5.74) is 5.54. The summed E-state index contributed by atoms with van der Waals surface area (Å²) in [6.07, 6.45) is 1.09. The van der Waals surface area contributed by atoms with E-state index in [1.54, 1.807) is 13.0 Å². The summed E-state index contributed by atoms with van der Waals surface area (Å²) >= 11 is 0. The quantitative estimate of drug-likeness (QED) is 0.745. The van der Waals surface area contributed by atoms with E-state index in [-0.39, 0.29) is 16.8 Å². The molecule has 1 saturated heterocycles. The molecule has 25 heavy (non-hydrogen) atoms. The molecule has 3 N–H and O–H groups in total. The van der Waals surface area contributed by atoms with Crippen molar-refractivity contribution >= 4 is 15.9 Å². The molecular formula is C16H25N3O5S. The predicted molar refractivity (Wildman–Crippen MR) is 93.1 cm³/mol. The van der Waals surface area contributed by atoms with Crippen molar-refractivity contribution in [2.45, 2.75) is 36.7 Å². The van der Waals surface area contributed by atoms with Gasteiger partial charge in [0, 0.05) is 25.2 Å². The number of benzene rings is 1. The number of nitrogens with two attached hydrogens (primary N) is 1. The fourth-order valence-corrected chi connectivity index (χ4v) is 4.18. The zero-order chi connectivity index (χ0) is 18.6. The zero-order valence-electron chi connectivity index (χ0n) is 14.7. The Kier molecular flexibility index (Phi) is 6.26. The number of nitrogens with zero attached hydrogens (tertiary/aromatic N) is 1. The Balaban J connectivity index is 2.08. The highest BCUT2D eigenvalue weighted by molar-refractivity contribution is 7.89. The van der Waals surface area contributed by atoms with Gasteiger partial charge in [-0.05, 0) is 31.9 Å². The van der Waals surface area contributed by atoms with Crippen LogP contribution in [0.15, 0.2) is 23.1 Å². The number of hydrogen-bond acceptors (Lipinski definition) is 6. The Labute approximate surface area is 148 Å². The first kappa shape index (κ1) is 19.5. The van der Waals surface area contributed by atoms with Crippen LogP contribution >= 0.6 is 0 Å². The number of sulfonamides is 1. The van der Waals surface area contributed by atoms with Gasteiger partial charge >= 0.3 is 0 Å². The normalized spacial score (nSPS) is 17.8. The van der Waals surface area contributed by atoms with Crippen molar-refractivity contribution in [1.29, 1.82) is 0 Å². The lowest BCUT2D eigenvalue weighted by Gasteiger charge is -2.32. The third-order valence-corrected chi connectivity index (χ3v) is 6.10. The second-order valence-electron chi connectivity index (χ2n) is 5.99. The Morgan fingerprint density at radius 2 is 1.84 bits per heavy atom. The highest BCUT2D eigenvalue weighted by atomic mass is 32.2. The highest BCUT2D eigenvalue weighted by Gasteiger charge is 2.30. The average Bonchev–Trinajstić information content (AvgIpc) is 2.61. The van der Waals surface area contributed by atoms with Crippen molar-refractivity contribution < 1.29 is 22.7 Å². The molecule has 8 nitrogen and oxygen atoms in total. The van der Waals surface area contributed by atoms with Crippen LogP contribution < -0.4 is 20.5 Å². The van der Waals surface area contributed by atoms with E-state index in [1.165, 1.54) is 30.7 Å². The van der Waals surface area contributed by atoms with Gasteiger partial charge in [-0.15, -0.1) is 0 Å². The fraction of sp³-hybridized carbons (Fsp3) is 0.562. The lowest BCUT2D eigenvalue weighted by molar-refractivity contribution is -0.122. The second-order valence-corrected chi connectivity index (χ2v) is 7.93. The molecule has 1 aromatic carbocycles. The Morgan fingerprint density at radius 1 is 1.24 bits per heavy atom. The molecular weight excluding hydrogens is 346 g/mol. The van der Waals surface area contributed by atoms with Crippen LogP contribution in [0.4, 0.5) is 0 Å². The molecule has 140 valence electrons. The Bertz CT molecular complexity index is 712. The van der Waals surface area contributed by atoms with Gasteiger partial charge in [0.05, 0.1) is 25.2 Å². The van der Waals surface area contributed by atoms with Gasteiger partial charge in [-0.2, -0.15) is 4.31 Å². The lowest BCUT2D eigenvalue weighted by atomic mass is 10.1. The maximum atomic E-state index is 12.8. The predicted octanol–water partition coefficient (Wildman–Crippen LogP) is 0.320. The van der Waals surface area contributed by atoms with Crippen LogP contribution in [0.3, 0.4) is 0 Å². The van der Waals surface area contributed by atoms with Crippen LogP contribution in [0.25, 0.3) is 0 Å². The fourth-order valence-electron chi connectivity index (χ4n) is 2.70. The lowest BCUT2D eigenvalue weighted by Crippen LogP contribution is -2.49. The number of methoxy groups -OCH3 is 2. The van der Waals surface area contributed by atoms with E-state index in [2.05, 4.69) is 5.32 Å². The standard InChI is InChI=1S/C16H25N3O5S/c1-11(17)16(20)18-12-6-8-19(9-7-12)25(21,22)13-4-5-14(23-2)15(10-13)24-3/h4-5,10-12H,6-9,17H2,1-3H3,(H,18,20)/t11-/m0/s1. The van der Waals surface area contributed by atoms with Crippen molar-refractivity contribution in [3.05, 3.63) is 18.2 Å². The Hall–Kier alpha value is -1.84. The van der Waals surface area contributed by atoms with Gasteiger partial charge < -0.3 is 20.5 Å². The summed E-state index contributed by atoms with van der Waals surface area (Å²) in [6, 6.07) is 3.89. The molecule has 0 radical (unpaired) electrons. The molecule has 1 fully saturated rings. The number of hydrogen-bond donors (Lipinski definition) is 2. The van der Waals surface area contributed by atoms with E-state index in [0.717, 1.165) is 0 Å². The van der Waals surface area contributed by atoms with E-state index in [4.69, 9.17) is 15.2 Å². The van der Waals surface area contributed by atoms with Gasteiger partial charge in [0.2, 0.25) is 15.9 Å². The summed E-state index contributed by atoms with van der Waals surface area (Å²) in [5, 5.41) is 2.84. The third kappa shape index (κ3) is 4.42. The van der Waals surface area contributed by atoms with Crippen LogP contribution in [-0.4, -0.2) is 58.0 Å². The van der Waals surface area contributed by atoms with Crippen molar-refractivity contribution in [3.8, 4) is 11.5 Å². The minimum Gasteiger partial charge on any atom is -0.493 e. The Morgan fingerprint density at radius 3 is 2.36 bits per heavy atom. The smallest absolute Gasteiger partial charge is 0.243 e. The summed E-state index contributed by atoms with van der Waals surface area (Å²) in [5.74, 6) is 0.614. The van der Waals surface area contributed by atoms with E-state index < -0.39 is 16.1 Å². The summed E-state index contributed by atoms with van der Waals surface area (Å²) in [6.45, 7) is 2.28. The van der Waals surface area contributed by atoms with Gasteiger partial charge in [0.15, 0.2) is 11.5 Å². The first-order chi connectivity index (χ1) is 11.8. The monoisotopic (exact) mass is 371 g/mol. The molecule has 0 unspecified atom stereocenters. The minimum absolute atomic E-state index is 0.0599. The molecule has 1 heterocycles. The number of nitrogens with one attached hydrogen (secondary N) is 1. The van der Waals surface area contributed by atoms with E-state index in [0.29, 0.717) is 37.4 Å². The molecule has 1 aromatic rings. The molecule has 0 aromatic heterocycles. The van der Waals surface area contributed by atoms with Gasteiger partial charge in [0.1, 0.15) is 0 Å². The molecule has 0 bridgehead atoms. The van der Waals surface area contributed by atoms with Crippen LogP contribution in [0.1, 0.15) is 19.8 Å². The zero-order valence-corrected chi connectivity index (χ0v) is 15.5. The first-order valence-electron chi connectivity index (χ1n) is 8.07. The molecule has 2 rings (SSSR count). The second kappa shape index (κ2) is 8.03. The topological polar surface area (TPSA) is 111 Å². The van der Waals surface area contributed by atoms with Crippen molar-refractivity contribution in [2.75, 3.05) is 27.3 Å². The van der Waals surface area contributed by atoms with E-state index in [1.807, 2.05) is 0 Å². The minimum atomic E-state index is -3.63. The maximum Gasteiger partial charge on any atom is 0.243 e. The van der Waals surface area contributed by atoms with Gasteiger partial charge in [0.25, 0.3) is 0 Å². The number of piperidine rings is 1. The maximum absolute atomic E-state index is 12.8. The molecule has 1 aliphatic rings.